The van der Waals surface area contributed by atoms with Crippen molar-refractivity contribution in [1.82, 2.24) is 4.90 Å². The minimum absolute atomic E-state index is 0.0123. The maximum absolute atomic E-state index is 13.3. The lowest BCUT2D eigenvalue weighted by Crippen LogP contribution is -2.29. The SMILES string of the molecule is CC1CCc2sc(C(=O)N(Cc3ccco3)Cc3ccccc3O)cc2C1. The first-order chi connectivity index (χ1) is 13.1. The molecule has 0 bridgehead atoms. The van der Waals surface area contributed by atoms with Gasteiger partial charge in [-0.25, -0.2) is 0 Å². The molecule has 1 aromatic carbocycles. The summed E-state index contributed by atoms with van der Waals surface area (Å²) in [5, 5.41) is 10.1. The molecular weight excluding hydrogens is 358 g/mol. The van der Waals surface area contributed by atoms with Crippen LogP contribution in [0, 0.1) is 5.92 Å². The van der Waals surface area contributed by atoms with Crippen LogP contribution in [0.4, 0.5) is 0 Å². The molecule has 1 N–H and O–H groups in total. The molecule has 5 heteroatoms. The summed E-state index contributed by atoms with van der Waals surface area (Å²) in [6.45, 7) is 2.98. The van der Waals surface area contributed by atoms with Gasteiger partial charge in [-0.1, -0.05) is 25.1 Å². The fraction of sp³-hybridized carbons (Fsp3) is 0.318. The van der Waals surface area contributed by atoms with Crippen molar-refractivity contribution in [2.75, 3.05) is 0 Å². The largest absolute Gasteiger partial charge is 0.508 e. The Hall–Kier alpha value is -2.53. The average molecular weight is 381 g/mol. The van der Waals surface area contributed by atoms with Crippen LogP contribution in [0.1, 0.15) is 44.8 Å². The van der Waals surface area contributed by atoms with Gasteiger partial charge >= 0.3 is 0 Å². The molecule has 3 aromatic rings. The quantitative estimate of drug-likeness (QED) is 0.675. The topological polar surface area (TPSA) is 53.7 Å². The Morgan fingerprint density at radius 2 is 2.11 bits per heavy atom. The Kier molecular flexibility index (Phi) is 5.03. The van der Waals surface area contributed by atoms with Crippen molar-refractivity contribution in [2.24, 2.45) is 5.92 Å². The molecule has 1 amide bonds. The number of fused-ring (bicyclic) bond motifs is 1. The van der Waals surface area contributed by atoms with Gasteiger partial charge in [-0.05, 0) is 55.0 Å². The van der Waals surface area contributed by atoms with Crippen molar-refractivity contribution in [3.05, 3.63) is 75.4 Å². The fourth-order valence-corrected chi connectivity index (χ4v) is 4.78. The Labute approximate surface area is 163 Å². The Bertz CT molecular complexity index is 929. The van der Waals surface area contributed by atoms with Crippen molar-refractivity contribution >= 4 is 17.2 Å². The predicted molar refractivity (Wildman–Crippen MR) is 106 cm³/mol. The first-order valence-electron chi connectivity index (χ1n) is 9.30. The van der Waals surface area contributed by atoms with Gasteiger partial charge in [0.05, 0.1) is 24.2 Å². The molecule has 1 unspecified atom stereocenters. The van der Waals surface area contributed by atoms with Crippen molar-refractivity contribution in [2.45, 2.75) is 39.3 Å². The van der Waals surface area contributed by atoms with E-state index in [1.165, 1.54) is 16.9 Å². The highest BCUT2D eigenvalue weighted by atomic mass is 32.1. The normalized spacial score (nSPS) is 16.1. The van der Waals surface area contributed by atoms with E-state index in [0.29, 0.717) is 19.0 Å². The molecule has 140 valence electrons. The second-order valence-electron chi connectivity index (χ2n) is 7.28. The molecule has 0 saturated carbocycles. The molecule has 27 heavy (non-hydrogen) atoms. The summed E-state index contributed by atoms with van der Waals surface area (Å²) in [4.78, 5) is 17.2. The lowest BCUT2D eigenvalue weighted by molar-refractivity contribution is 0.0721. The third kappa shape index (κ3) is 3.93. The highest BCUT2D eigenvalue weighted by Gasteiger charge is 2.25. The molecule has 2 aromatic heterocycles. The molecule has 1 aliphatic carbocycles. The van der Waals surface area contributed by atoms with E-state index in [-0.39, 0.29) is 11.7 Å². The smallest absolute Gasteiger partial charge is 0.264 e. The molecule has 1 aliphatic rings. The van der Waals surface area contributed by atoms with Crippen LogP contribution in [0.2, 0.25) is 0 Å². The second-order valence-corrected chi connectivity index (χ2v) is 8.41. The number of hydrogen-bond donors (Lipinski definition) is 1. The summed E-state index contributed by atoms with van der Waals surface area (Å²) in [5.74, 6) is 1.60. The van der Waals surface area contributed by atoms with Gasteiger partial charge in [0.25, 0.3) is 5.91 Å². The number of carbonyl (C=O) groups excluding carboxylic acids is 1. The van der Waals surface area contributed by atoms with Crippen LogP contribution in [0.15, 0.2) is 53.1 Å². The standard InChI is InChI=1S/C22H23NO3S/c1-15-8-9-20-17(11-15)12-21(27-20)22(25)23(14-18-6-4-10-26-18)13-16-5-2-3-7-19(16)24/h2-7,10,12,15,24H,8-9,11,13-14H2,1H3. The molecule has 2 heterocycles. The number of carbonyl (C=O) groups is 1. The number of phenols is 1. The molecular formula is C22H23NO3S. The first-order valence-corrected chi connectivity index (χ1v) is 10.1. The van der Waals surface area contributed by atoms with Gasteiger partial charge in [0.15, 0.2) is 0 Å². The summed E-state index contributed by atoms with van der Waals surface area (Å²) >= 11 is 1.62. The van der Waals surface area contributed by atoms with Crippen molar-refractivity contribution in [1.29, 1.82) is 0 Å². The summed E-state index contributed by atoms with van der Waals surface area (Å²) in [6, 6.07) is 12.9. The van der Waals surface area contributed by atoms with Gasteiger partial charge in [0.2, 0.25) is 0 Å². The maximum atomic E-state index is 13.3. The molecule has 4 rings (SSSR count). The van der Waals surface area contributed by atoms with Gasteiger partial charge in [0.1, 0.15) is 11.5 Å². The highest BCUT2D eigenvalue weighted by Crippen LogP contribution is 2.33. The zero-order valence-corrected chi connectivity index (χ0v) is 16.2. The number of thiophene rings is 1. The van der Waals surface area contributed by atoms with Crippen LogP contribution in [0.5, 0.6) is 5.75 Å². The molecule has 4 nitrogen and oxygen atoms in total. The van der Waals surface area contributed by atoms with Crippen LogP contribution >= 0.6 is 11.3 Å². The van der Waals surface area contributed by atoms with Gasteiger partial charge in [0, 0.05) is 10.4 Å². The summed E-state index contributed by atoms with van der Waals surface area (Å²) in [5.41, 5.74) is 2.05. The van der Waals surface area contributed by atoms with Crippen molar-refractivity contribution in [3.63, 3.8) is 0 Å². The summed E-state index contributed by atoms with van der Waals surface area (Å²) in [7, 11) is 0. The number of hydrogen-bond acceptors (Lipinski definition) is 4. The number of rotatable bonds is 5. The van der Waals surface area contributed by atoms with Crippen molar-refractivity contribution in [3.8, 4) is 5.75 Å². The highest BCUT2D eigenvalue weighted by molar-refractivity contribution is 7.14. The van der Waals surface area contributed by atoms with Gasteiger partial charge < -0.3 is 14.4 Å². The average Bonchev–Trinajstić information content (AvgIpc) is 3.31. The molecule has 0 saturated heterocycles. The number of furan rings is 1. The minimum atomic E-state index is -0.0123. The zero-order chi connectivity index (χ0) is 18.8. The third-order valence-corrected chi connectivity index (χ3v) is 6.33. The minimum Gasteiger partial charge on any atom is -0.508 e. The number of phenolic OH excluding ortho intramolecular Hbond substituents is 1. The van der Waals surface area contributed by atoms with Crippen LogP contribution in [0.3, 0.4) is 0 Å². The van der Waals surface area contributed by atoms with Gasteiger partial charge in [-0.2, -0.15) is 0 Å². The summed E-state index contributed by atoms with van der Waals surface area (Å²) < 4.78 is 5.46. The molecule has 0 aliphatic heterocycles. The summed E-state index contributed by atoms with van der Waals surface area (Å²) in [6.07, 6.45) is 4.92. The predicted octanol–water partition coefficient (Wildman–Crippen LogP) is 5.01. The molecule has 0 radical (unpaired) electrons. The number of benzene rings is 1. The van der Waals surface area contributed by atoms with Gasteiger partial charge in [-0.3, -0.25) is 4.79 Å². The van der Waals surface area contributed by atoms with Gasteiger partial charge in [-0.15, -0.1) is 11.3 Å². The number of aryl methyl sites for hydroxylation is 1. The lowest BCUT2D eigenvalue weighted by Gasteiger charge is -2.21. The number of nitrogens with zero attached hydrogens (tertiary/aromatic N) is 1. The number of aromatic hydroxyl groups is 1. The van der Waals surface area contributed by atoms with E-state index in [4.69, 9.17) is 4.42 Å². The van der Waals surface area contributed by atoms with E-state index in [1.807, 2.05) is 24.3 Å². The monoisotopic (exact) mass is 381 g/mol. The van der Waals surface area contributed by atoms with Crippen molar-refractivity contribution < 1.29 is 14.3 Å². The second kappa shape index (κ2) is 7.61. The lowest BCUT2D eigenvalue weighted by atomic mass is 9.90. The Morgan fingerprint density at radius 1 is 1.26 bits per heavy atom. The van der Waals surface area contributed by atoms with E-state index in [2.05, 4.69) is 13.0 Å². The van der Waals surface area contributed by atoms with E-state index in [0.717, 1.165) is 29.0 Å². The van der Waals surface area contributed by atoms with E-state index >= 15 is 0 Å². The third-order valence-electron chi connectivity index (χ3n) is 5.11. The molecule has 0 fully saturated rings. The maximum Gasteiger partial charge on any atom is 0.264 e. The fourth-order valence-electron chi connectivity index (χ4n) is 3.61. The molecule has 0 spiro atoms. The van der Waals surface area contributed by atoms with E-state index in [9.17, 15) is 9.90 Å². The number of para-hydroxylation sites is 1. The Morgan fingerprint density at radius 3 is 2.89 bits per heavy atom. The Balaban J connectivity index is 1.61. The van der Waals surface area contributed by atoms with E-state index in [1.54, 1.807) is 34.6 Å². The zero-order valence-electron chi connectivity index (χ0n) is 15.4. The van der Waals surface area contributed by atoms with Crippen LogP contribution < -0.4 is 0 Å². The first kappa shape index (κ1) is 17.9. The van der Waals surface area contributed by atoms with E-state index < -0.39 is 0 Å². The molecule has 1 atom stereocenters. The van der Waals surface area contributed by atoms with Crippen LogP contribution in [-0.2, 0) is 25.9 Å². The number of amides is 1. The van der Waals surface area contributed by atoms with Crippen LogP contribution in [-0.4, -0.2) is 15.9 Å². The van der Waals surface area contributed by atoms with Crippen LogP contribution in [0.25, 0.3) is 0 Å².